The first kappa shape index (κ1) is 12.1. The maximum absolute atomic E-state index is 9.10. The lowest BCUT2D eigenvalue weighted by Gasteiger charge is -2.10. The van der Waals surface area contributed by atoms with Gasteiger partial charge in [0.05, 0.1) is 23.9 Å². The molecule has 1 atom stereocenters. The number of methoxy groups -OCH3 is 1. The minimum absolute atomic E-state index is 0.304. The normalized spacial score (nSPS) is 12.3. The van der Waals surface area contributed by atoms with Crippen LogP contribution >= 0.6 is 11.6 Å². The summed E-state index contributed by atoms with van der Waals surface area (Å²) >= 11 is 5.99. The lowest BCUT2D eigenvalue weighted by atomic mass is 10.2. The van der Waals surface area contributed by atoms with E-state index in [1.165, 1.54) is 0 Å². The molecule has 0 radical (unpaired) electrons. The number of hydrogen-bond donors (Lipinski definition) is 2. The second kappa shape index (κ2) is 5.83. The minimum Gasteiger partial charge on any atom is -0.497 e. The topological polar surface area (TPSA) is 41.5 Å². The Balaban J connectivity index is 2.59. The number of hydrogen-bond acceptors (Lipinski definition) is 3. The predicted molar refractivity (Wildman–Crippen MR) is 62.8 cm³/mol. The molecule has 2 N–H and O–H groups in total. The van der Waals surface area contributed by atoms with Crippen LogP contribution in [0.2, 0.25) is 5.02 Å². The summed E-state index contributed by atoms with van der Waals surface area (Å²) in [6.07, 6.45) is 0.384. The summed E-state index contributed by atoms with van der Waals surface area (Å²) in [4.78, 5) is 0. The maximum atomic E-state index is 9.10. The summed E-state index contributed by atoms with van der Waals surface area (Å²) in [5, 5.41) is 12.9. The Kier molecular flexibility index (Phi) is 4.72. The molecule has 1 rings (SSSR count). The van der Waals surface area contributed by atoms with Gasteiger partial charge in [-0.05, 0) is 25.5 Å². The molecule has 15 heavy (non-hydrogen) atoms. The summed E-state index contributed by atoms with van der Waals surface area (Å²) in [6, 6.07) is 5.43. The molecular formula is C11H16ClNO2. The van der Waals surface area contributed by atoms with Crippen LogP contribution in [0.3, 0.4) is 0 Å². The number of halogens is 1. The number of aliphatic hydroxyl groups excluding tert-OH is 1. The SMILES string of the molecule is COc1ccc(Cl)c(NCCC(C)O)c1. The van der Waals surface area contributed by atoms with Gasteiger partial charge in [-0.15, -0.1) is 0 Å². The van der Waals surface area contributed by atoms with E-state index < -0.39 is 0 Å². The molecule has 0 saturated heterocycles. The van der Waals surface area contributed by atoms with E-state index in [1.54, 1.807) is 20.1 Å². The van der Waals surface area contributed by atoms with Gasteiger partial charge in [-0.25, -0.2) is 0 Å². The number of ether oxygens (including phenoxy) is 1. The van der Waals surface area contributed by atoms with E-state index in [1.807, 2.05) is 12.1 Å². The molecule has 3 nitrogen and oxygen atoms in total. The quantitative estimate of drug-likeness (QED) is 0.815. The van der Waals surface area contributed by atoms with Crippen molar-refractivity contribution < 1.29 is 9.84 Å². The molecular weight excluding hydrogens is 214 g/mol. The second-order valence-corrected chi connectivity index (χ2v) is 3.82. The van der Waals surface area contributed by atoms with Gasteiger partial charge in [0.25, 0.3) is 0 Å². The Morgan fingerprint density at radius 1 is 1.53 bits per heavy atom. The van der Waals surface area contributed by atoms with Crippen molar-refractivity contribution in [2.45, 2.75) is 19.4 Å². The molecule has 4 heteroatoms. The van der Waals surface area contributed by atoms with Crippen LogP contribution in [0.15, 0.2) is 18.2 Å². The molecule has 0 amide bonds. The van der Waals surface area contributed by atoms with Crippen LogP contribution in [0, 0.1) is 0 Å². The molecule has 84 valence electrons. The predicted octanol–water partition coefficient (Wildman–Crippen LogP) is 2.53. The summed E-state index contributed by atoms with van der Waals surface area (Å²) in [5.41, 5.74) is 0.830. The highest BCUT2D eigenvalue weighted by molar-refractivity contribution is 6.33. The summed E-state index contributed by atoms with van der Waals surface area (Å²) in [5.74, 6) is 0.763. The number of benzene rings is 1. The first-order valence-corrected chi connectivity index (χ1v) is 5.26. The summed E-state index contributed by atoms with van der Waals surface area (Å²) in [6.45, 7) is 2.44. The highest BCUT2D eigenvalue weighted by Crippen LogP contribution is 2.26. The highest BCUT2D eigenvalue weighted by Gasteiger charge is 2.02. The van der Waals surface area contributed by atoms with E-state index in [9.17, 15) is 0 Å². The first-order chi connectivity index (χ1) is 7.13. The van der Waals surface area contributed by atoms with Crippen molar-refractivity contribution in [1.29, 1.82) is 0 Å². The molecule has 0 fully saturated rings. The molecule has 1 unspecified atom stereocenters. The van der Waals surface area contributed by atoms with Crippen LogP contribution in [0.5, 0.6) is 5.75 Å². The van der Waals surface area contributed by atoms with Crippen molar-refractivity contribution in [3.8, 4) is 5.75 Å². The number of anilines is 1. The summed E-state index contributed by atoms with van der Waals surface area (Å²) < 4.78 is 5.09. The number of nitrogens with one attached hydrogen (secondary N) is 1. The van der Waals surface area contributed by atoms with Gasteiger partial charge in [-0.2, -0.15) is 0 Å². The number of aliphatic hydroxyl groups is 1. The van der Waals surface area contributed by atoms with Crippen molar-refractivity contribution in [1.82, 2.24) is 0 Å². The molecule has 0 aliphatic heterocycles. The Morgan fingerprint density at radius 3 is 2.87 bits per heavy atom. The molecule has 0 heterocycles. The van der Waals surface area contributed by atoms with E-state index >= 15 is 0 Å². The maximum Gasteiger partial charge on any atom is 0.121 e. The lowest BCUT2D eigenvalue weighted by Crippen LogP contribution is -2.09. The Labute approximate surface area is 95.0 Å². The number of rotatable bonds is 5. The zero-order valence-corrected chi connectivity index (χ0v) is 9.71. The lowest BCUT2D eigenvalue weighted by molar-refractivity contribution is 0.189. The second-order valence-electron chi connectivity index (χ2n) is 3.41. The Bertz CT molecular complexity index is 315. The van der Waals surface area contributed by atoms with Crippen molar-refractivity contribution in [3.63, 3.8) is 0 Å². The van der Waals surface area contributed by atoms with Gasteiger partial charge in [0.15, 0.2) is 0 Å². The standard InChI is InChI=1S/C11H16ClNO2/c1-8(14)5-6-13-11-7-9(15-2)3-4-10(11)12/h3-4,7-8,13-14H,5-6H2,1-2H3. The molecule has 0 aromatic heterocycles. The average molecular weight is 230 g/mol. The zero-order chi connectivity index (χ0) is 11.3. The van der Waals surface area contributed by atoms with Crippen LogP contribution in [-0.2, 0) is 0 Å². The van der Waals surface area contributed by atoms with Crippen LogP contribution in [-0.4, -0.2) is 24.9 Å². The Hall–Kier alpha value is -0.930. The fraction of sp³-hybridized carbons (Fsp3) is 0.455. The van der Waals surface area contributed by atoms with E-state index in [4.69, 9.17) is 21.4 Å². The molecule has 0 spiro atoms. The van der Waals surface area contributed by atoms with Crippen LogP contribution < -0.4 is 10.1 Å². The van der Waals surface area contributed by atoms with Gasteiger partial charge < -0.3 is 15.2 Å². The zero-order valence-electron chi connectivity index (χ0n) is 8.96. The van der Waals surface area contributed by atoms with Gasteiger partial charge in [0.1, 0.15) is 5.75 Å². The van der Waals surface area contributed by atoms with Crippen molar-refractivity contribution in [2.75, 3.05) is 19.0 Å². The van der Waals surface area contributed by atoms with Crippen LogP contribution in [0.25, 0.3) is 0 Å². The van der Waals surface area contributed by atoms with Crippen molar-refractivity contribution in [2.24, 2.45) is 0 Å². The van der Waals surface area contributed by atoms with E-state index in [-0.39, 0.29) is 6.10 Å². The highest BCUT2D eigenvalue weighted by atomic mass is 35.5. The summed E-state index contributed by atoms with van der Waals surface area (Å²) in [7, 11) is 1.61. The smallest absolute Gasteiger partial charge is 0.121 e. The van der Waals surface area contributed by atoms with Crippen molar-refractivity contribution >= 4 is 17.3 Å². The minimum atomic E-state index is -0.304. The average Bonchev–Trinajstić information content (AvgIpc) is 2.20. The Morgan fingerprint density at radius 2 is 2.27 bits per heavy atom. The fourth-order valence-corrected chi connectivity index (χ4v) is 1.37. The van der Waals surface area contributed by atoms with E-state index in [0.29, 0.717) is 18.0 Å². The van der Waals surface area contributed by atoms with Crippen LogP contribution in [0.4, 0.5) is 5.69 Å². The fourth-order valence-electron chi connectivity index (χ4n) is 1.18. The van der Waals surface area contributed by atoms with Gasteiger partial charge in [-0.3, -0.25) is 0 Å². The third-order valence-electron chi connectivity index (χ3n) is 2.05. The van der Waals surface area contributed by atoms with Gasteiger partial charge in [0, 0.05) is 12.6 Å². The van der Waals surface area contributed by atoms with Gasteiger partial charge in [-0.1, -0.05) is 11.6 Å². The van der Waals surface area contributed by atoms with E-state index in [2.05, 4.69) is 5.32 Å². The third kappa shape index (κ3) is 3.98. The molecule has 1 aromatic rings. The molecule has 0 bridgehead atoms. The van der Waals surface area contributed by atoms with E-state index in [0.717, 1.165) is 11.4 Å². The van der Waals surface area contributed by atoms with Gasteiger partial charge >= 0.3 is 0 Å². The molecule has 0 aliphatic rings. The van der Waals surface area contributed by atoms with Crippen LogP contribution in [0.1, 0.15) is 13.3 Å². The van der Waals surface area contributed by atoms with Crippen molar-refractivity contribution in [3.05, 3.63) is 23.2 Å². The van der Waals surface area contributed by atoms with Gasteiger partial charge in [0.2, 0.25) is 0 Å². The largest absolute Gasteiger partial charge is 0.497 e. The first-order valence-electron chi connectivity index (χ1n) is 4.89. The molecule has 0 saturated carbocycles. The molecule has 0 aliphatic carbocycles. The third-order valence-corrected chi connectivity index (χ3v) is 2.38. The monoisotopic (exact) mass is 229 g/mol. The molecule has 1 aromatic carbocycles.